The summed E-state index contributed by atoms with van der Waals surface area (Å²) >= 11 is 0. The minimum absolute atomic E-state index is 0.213. The van der Waals surface area contributed by atoms with Crippen LogP contribution in [0, 0.1) is 12.7 Å². The van der Waals surface area contributed by atoms with Gasteiger partial charge in [-0.25, -0.2) is 12.8 Å². The minimum atomic E-state index is -3.26. The summed E-state index contributed by atoms with van der Waals surface area (Å²) in [6, 6.07) is 11.9. The van der Waals surface area contributed by atoms with Crippen LogP contribution in [0.3, 0.4) is 0 Å². The van der Waals surface area contributed by atoms with Crippen molar-refractivity contribution in [3.05, 3.63) is 59.4 Å². The molecule has 0 spiro atoms. The van der Waals surface area contributed by atoms with Gasteiger partial charge in [-0.2, -0.15) is 0 Å². The van der Waals surface area contributed by atoms with Crippen molar-refractivity contribution in [3.8, 4) is 0 Å². The van der Waals surface area contributed by atoms with E-state index in [1.165, 1.54) is 6.07 Å². The maximum absolute atomic E-state index is 13.2. The van der Waals surface area contributed by atoms with Crippen molar-refractivity contribution >= 4 is 21.4 Å². The molecule has 21 heavy (non-hydrogen) atoms. The minimum Gasteiger partial charge on any atom is -0.381 e. The Morgan fingerprint density at radius 3 is 2.24 bits per heavy atom. The lowest BCUT2D eigenvalue weighted by Gasteiger charge is -2.09. The third kappa shape index (κ3) is 4.75. The molecule has 2 aromatic rings. The number of sulfonamides is 1. The van der Waals surface area contributed by atoms with Crippen LogP contribution in [0.15, 0.2) is 42.5 Å². The van der Waals surface area contributed by atoms with E-state index in [4.69, 9.17) is 0 Å². The van der Waals surface area contributed by atoms with Crippen LogP contribution in [-0.2, 0) is 16.6 Å². The van der Waals surface area contributed by atoms with Gasteiger partial charge in [-0.05, 0) is 48.4 Å². The van der Waals surface area contributed by atoms with Gasteiger partial charge in [-0.1, -0.05) is 12.1 Å². The summed E-state index contributed by atoms with van der Waals surface area (Å²) in [6.07, 6.45) is 1.11. The standard InChI is InChI=1S/C15H17FN2O2S/c1-11-9-12(3-8-15(11)16)10-17-13-4-6-14(7-5-13)18-21(2,19)20/h3-9,17-18H,10H2,1-2H3. The molecule has 0 amide bonds. The molecule has 0 radical (unpaired) electrons. The van der Waals surface area contributed by atoms with Crippen LogP contribution >= 0.6 is 0 Å². The normalized spacial score (nSPS) is 11.2. The van der Waals surface area contributed by atoms with Gasteiger partial charge in [0.25, 0.3) is 0 Å². The zero-order valence-corrected chi connectivity index (χ0v) is 12.7. The molecule has 2 N–H and O–H groups in total. The number of hydrogen-bond acceptors (Lipinski definition) is 3. The zero-order chi connectivity index (χ0) is 15.5. The predicted molar refractivity (Wildman–Crippen MR) is 83.4 cm³/mol. The van der Waals surface area contributed by atoms with Gasteiger partial charge in [0.1, 0.15) is 5.82 Å². The molecule has 0 fully saturated rings. The molecule has 0 aromatic heterocycles. The monoisotopic (exact) mass is 308 g/mol. The molecule has 2 rings (SSSR count). The quantitative estimate of drug-likeness (QED) is 0.892. The first-order chi connectivity index (χ1) is 9.83. The number of hydrogen-bond donors (Lipinski definition) is 2. The van der Waals surface area contributed by atoms with Crippen molar-refractivity contribution in [2.24, 2.45) is 0 Å². The third-order valence-electron chi connectivity index (χ3n) is 2.91. The van der Waals surface area contributed by atoms with Crippen LogP contribution in [0.2, 0.25) is 0 Å². The van der Waals surface area contributed by atoms with Gasteiger partial charge in [0.2, 0.25) is 10.0 Å². The number of benzene rings is 2. The average Bonchev–Trinajstić information content (AvgIpc) is 2.40. The Kier molecular flexibility index (Phi) is 4.47. The molecular weight excluding hydrogens is 291 g/mol. The molecule has 0 saturated carbocycles. The van der Waals surface area contributed by atoms with Crippen molar-refractivity contribution in [2.45, 2.75) is 13.5 Å². The Bertz CT molecular complexity index is 728. The summed E-state index contributed by atoms with van der Waals surface area (Å²) in [5.41, 5.74) is 2.96. The van der Waals surface area contributed by atoms with Crippen molar-refractivity contribution < 1.29 is 12.8 Å². The van der Waals surface area contributed by atoms with Crippen molar-refractivity contribution in [2.75, 3.05) is 16.3 Å². The fourth-order valence-electron chi connectivity index (χ4n) is 1.89. The maximum Gasteiger partial charge on any atom is 0.229 e. The molecule has 4 nitrogen and oxygen atoms in total. The van der Waals surface area contributed by atoms with Gasteiger partial charge in [-0.15, -0.1) is 0 Å². The fourth-order valence-corrected chi connectivity index (χ4v) is 2.46. The highest BCUT2D eigenvalue weighted by molar-refractivity contribution is 7.92. The van der Waals surface area contributed by atoms with E-state index in [9.17, 15) is 12.8 Å². The van der Waals surface area contributed by atoms with E-state index in [0.717, 1.165) is 17.5 Å². The lowest BCUT2D eigenvalue weighted by Crippen LogP contribution is -2.09. The Hall–Kier alpha value is -2.08. The maximum atomic E-state index is 13.2. The first-order valence-electron chi connectivity index (χ1n) is 6.40. The SMILES string of the molecule is Cc1cc(CNc2ccc(NS(C)(=O)=O)cc2)ccc1F. The highest BCUT2D eigenvalue weighted by Crippen LogP contribution is 2.16. The van der Waals surface area contributed by atoms with Gasteiger partial charge in [0, 0.05) is 17.9 Å². The Balaban J connectivity index is 1.99. The summed E-state index contributed by atoms with van der Waals surface area (Å²) in [7, 11) is -3.26. The molecule has 0 unspecified atom stereocenters. The fraction of sp³-hybridized carbons (Fsp3) is 0.200. The van der Waals surface area contributed by atoms with E-state index in [1.54, 1.807) is 43.3 Å². The van der Waals surface area contributed by atoms with Crippen LogP contribution in [0.25, 0.3) is 0 Å². The number of halogens is 1. The van der Waals surface area contributed by atoms with E-state index in [1.807, 2.05) is 0 Å². The van der Waals surface area contributed by atoms with Crippen LogP contribution in [0.1, 0.15) is 11.1 Å². The second kappa shape index (κ2) is 6.13. The molecular formula is C15H17FN2O2S. The lowest BCUT2D eigenvalue weighted by atomic mass is 10.1. The van der Waals surface area contributed by atoms with Crippen LogP contribution in [0.5, 0.6) is 0 Å². The number of aryl methyl sites for hydroxylation is 1. The molecule has 6 heteroatoms. The Morgan fingerprint density at radius 1 is 1.05 bits per heavy atom. The van der Waals surface area contributed by atoms with E-state index in [0.29, 0.717) is 17.8 Å². The molecule has 0 heterocycles. The van der Waals surface area contributed by atoms with E-state index in [2.05, 4.69) is 10.0 Å². The first kappa shape index (κ1) is 15.3. The molecule has 2 aromatic carbocycles. The van der Waals surface area contributed by atoms with Crippen LogP contribution in [0.4, 0.5) is 15.8 Å². The van der Waals surface area contributed by atoms with Crippen LogP contribution < -0.4 is 10.0 Å². The zero-order valence-electron chi connectivity index (χ0n) is 11.9. The average molecular weight is 308 g/mol. The number of nitrogens with one attached hydrogen (secondary N) is 2. The van der Waals surface area contributed by atoms with Crippen molar-refractivity contribution in [3.63, 3.8) is 0 Å². The Morgan fingerprint density at radius 2 is 1.67 bits per heavy atom. The molecule has 0 aliphatic rings. The lowest BCUT2D eigenvalue weighted by molar-refractivity contribution is 0.607. The van der Waals surface area contributed by atoms with Gasteiger partial charge >= 0.3 is 0 Å². The highest BCUT2D eigenvalue weighted by Gasteiger charge is 2.02. The van der Waals surface area contributed by atoms with Gasteiger partial charge in [0.15, 0.2) is 0 Å². The molecule has 0 atom stereocenters. The van der Waals surface area contributed by atoms with Gasteiger partial charge < -0.3 is 5.32 Å². The summed E-state index contributed by atoms with van der Waals surface area (Å²) in [5, 5.41) is 3.20. The van der Waals surface area contributed by atoms with Gasteiger partial charge in [0.05, 0.1) is 6.26 Å². The molecule has 0 saturated heterocycles. The predicted octanol–water partition coefficient (Wildman–Crippen LogP) is 3.12. The molecule has 0 aliphatic carbocycles. The van der Waals surface area contributed by atoms with Crippen molar-refractivity contribution in [1.29, 1.82) is 0 Å². The smallest absolute Gasteiger partial charge is 0.229 e. The molecule has 0 bridgehead atoms. The summed E-state index contributed by atoms with van der Waals surface area (Å²) in [6.45, 7) is 2.30. The molecule has 0 aliphatic heterocycles. The second-order valence-corrected chi connectivity index (χ2v) is 6.64. The topological polar surface area (TPSA) is 58.2 Å². The van der Waals surface area contributed by atoms with E-state index in [-0.39, 0.29) is 5.82 Å². The van der Waals surface area contributed by atoms with E-state index < -0.39 is 10.0 Å². The van der Waals surface area contributed by atoms with E-state index >= 15 is 0 Å². The second-order valence-electron chi connectivity index (χ2n) is 4.89. The number of anilines is 2. The molecule has 112 valence electrons. The largest absolute Gasteiger partial charge is 0.381 e. The third-order valence-corrected chi connectivity index (χ3v) is 3.51. The summed E-state index contributed by atoms with van der Waals surface area (Å²) < 4.78 is 37.8. The summed E-state index contributed by atoms with van der Waals surface area (Å²) in [4.78, 5) is 0. The first-order valence-corrected chi connectivity index (χ1v) is 8.29. The van der Waals surface area contributed by atoms with Crippen molar-refractivity contribution in [1.82, 2.24) is 0 Å². The van der Waals surface area contributed by atoms with Crippen LogP contribution in [-0.4, -0.2) is 14.7 Å². The highest BCUT2D eigenvalue weighted by atomic mass is 32.2. The number of rotatable bonds is 5. The summed E-state index contributed by atoms with van der Waals surface area (Å²) in [5.74, 6) is -0.213. The van der Waals surface area contributed by atoms with Gasteiger partial charge in [-0.3, -0.25) is 4.72 Å². The Labute approximate surface area is 124 Å².